The smallest absolute Gasteiger partial charge is 0.236 e. The van der Waals surface area contributed by atoms with Crippen LogP contribution in [0.25, 0.3) is 22.2 Å². The van der Waals surface area contributed by atoms with Crippen molar-refractivity contribution in [2.24, 2.45) is 0 Å². The molecule has 2 saturated heterocycles. The number of alkyl halides is 1. The number of aromatic nitrogens is 2. The minimum atomic E-state index is -0.957. The van der Waals surface area contributed by atoms with Crippen molar-refractivity contribution in [1.82, 2.24) is 19.8 Å². The fourth-order valence-electron chi connectivity index (χ4n) is 6.33. The van der Waals surface area contributed by atoms with Crippen LogP contribution < -0.4 is 0 Å². The van der Waals surface area contributed by atoms with Crippen LogP contribution in [0.3, 0.4) is 0 Å². The highest BCUT2D eigenvalue weighted by Crippen LogP contribution is 2.38. The van der Waals surface area contributed by atoms with E-state index < -0.39 is 6.17 Å². The van der Waals surface area contributed by atoms with Crippen LogP contribution in [-0.4, -0.2) is 75.8 Å². The van der Waals surface area contributed by atoms with Gasteiger partial charge in [-0.25, -0.2) is 4.39 Å². The van der Waals surface area contributed by atoms with Gasteiger partial charge in [0.2, 0.25) is 5.91 Å². The molecule has 0 saturated carbocycles. The Kier molecular flexibility index (Phi) is 7.37. The maximum absolute atomic E-state index is 13.8. The fourth-order valence-corrected chi connectivity index (χ4v) is 6.33. The van der Waals surface area contributed by atoms with Crippen LogP contribution in [0.2, 0.25) is 0 Å². The van der Waals surface area contributed by atoms with Gasteiger partial charge in [-0.15, -0.1) is 0 Å². The molecular weight excluding hydrogens is 467 g/mol. The molecule has 0 bridgehead atoms. The van der Waals surface area contributed by atoms with Crippen LogP contribution in [0.5, 0.6) is 0 Å². The summed E-state index contributed by atoms with van der Waals surface area (Å²) >= 11 is 0. The number of nitrogens with one attached hydrogen (secondary N) is 1. The molecule has 6 nitrogen and oxygen atoms in total. The van der Waals surface area contributed by atoms with Gasteiger partial charge in [0.15, 0.2) is 0 Å². The van der Waals surface area contributed by atoms with Crippen LogP contribution in [0.1, 0.15) is 67.5 Å². The molecule has 2 aliphatic rings. The number of pyridine rings is 1. The Morgan fingerprint density at radius 3 is 2.51 bits per heavy atom. The van der Waals surface area contributed by atoms with Crippen LogP contribution in [0.4, 0.5) is 4.39 Å². The number of benzene rings is 1. The molecule has 7 heteroatoms. The molecule has 2 aliphatic heterocycles. The van der Waals surface area contributed by atoms with Crippen LogP contribution in [0, 0.1) is 13.8 Å². The Bertz CT molecular complexity index is 1260. The maximum Gasteiger partial charge on any atom is 0.236 e. The van der Waals surface area contributed by atoms with Gasteiger partial charge in [-0.1, -0.05) is 19.9 Å². The van der Waals surface area contributed by atoms with Crippen LogP contribution in [-0.2, 0) is 4.79 Å². The molecule has 2 fully saturated rings. The molecule has 5 rings (SSSR count). The van der Waals surface area contributed by atoms with Gasteiger partial charge in [-0.3, -0.25) is 14.7 Å². The highest BCUT2D eigenvalue weighted by Gasteiger charge is 2.34. The number of fused-ring (bicyclic) bond motifs is 1. The molecule has 37 heavy (non-hydrogen) atoms. The van der Waals surface area contributed by atoms with Crippen molar-refractivity contribution >= 4 is 16.8 Å². The molecule has 198 valence electrons. The van der Waals surface area contributed by atoms with Crippen molar-refractivity contribution in [2.75, 3.05) is 32.8 Å². The number of aryl methyl sites for hydroxylation is 2. The van der Waals surface area contributed by atoms with E-state index in [0.717, 1.165) is 29.7 Å². The zero-order valence-corrected chi connectivity index (χ0v) is 22.4. The number of likely N-dealkylation sites (tertiary alicyclic amines) is 2. The van der Waals surface area contributed by atoms with Crippen LogP contribution in [0.15, 0.2) is 30.3 Å². The lowest BCUT2D eigenvalue weighted by molar-refractivity contribution is -0.133. The number of halogens is 1. The first kappa shape index (κ1) is 25.9. The molecule has 2 N–H and O–H groups in total. The molecule has 0 unspecified atom stereocenters. The van der Waals surface area contributed by atoms with E-state index in [-0.39, 0.29) is 31.6 Å². The third-order valence-corrected chi connectivity index (χ3v) is 8.16. The number of aromatic amines is 1. The zero-order chi connectivity index (χ0) is 26.3. The number of amides is 1. The van der Waals surface area contributed by atoms with Crippen molar-refractivity contribution in [3.8, 4) is 11.3 Å². The van der Waals surface area contributed by atoms with E-state index in [0.29, 0.717) is 31.3 Å². The number of aliphatic hydroxyl groups excluding tert-OH is 1. The van der Waals surface area contributed by atoms with Gasteiger partial charge in [0, 0.05) is 53.5 Å². The molecule has 0 spiro atoms. The summed E-state index contributed by atoms with van der Waals surface area (Å²) in [6.07, 6.45) is 1.20. The number of nitrogens with zero attached hydrogens (tertiary/aromatic N) is 3. The molecule has 4 heterocycles. The zero-order valence-electron chi connectivity index (χ0n) is 22.4. The highest BCUT2D eigenvalue weighted by atomic mass is 19.1. The average Bonchev–Trinajstić information content (AvgIpc) is 3.42. The summed E-state index contributed by atoms with van der Waals surface area (Å²) in [6.45, 7) is 10.3. The van der Waals surface area contributed by atoms with Gasteiger partial charge < -0.3 is 15.0 Å². The maximum atomic E-state index is 13.8. The highest BCUT2D eigenvalue weighted by molar-refractivity contribution is 5.92. The average molecular weight is 507 g/mol. The third kappa shape index (κ3) is 5.30. The summed E-state index contributed by atoms with van der Waals surface area (Å²) in [6, 6.07) is 10.8. The van der Waals surface area contributed by atoms with Gasteiger partial charge in [-0.2, -0.15) is 0 Å². The lowest BCUT2D eigenvalue weighted by Gasteiger charge is -2.34. The van der Waals surface area contributed by atoms with Gasteiger partial charge in [0.1, 0.15) is 6.17 Å². The lowest BCUT2D eigenvalue weighted by atomic mass is 9.87. The van der Waals surface area contributed by atoms with Crippen molar-refractivity contribution < 1.29 is 14.3 Å². The quantitative estimate of drug-likeness (QED) is 0.489. The summed E-state index contributed by atoms with van der Waals surface area (Å²) in [7, 11) is 0. The van der Waals surface area contributed by atoms with E-state index in [1.165, 1.54) is 27.8 Å². The number of hydrogen-bond donors (Lipinski definition) is 2. The minimum absolute atomic E-state index is 0.0433. The molecule has 2 aromatic heterocycles. The number of H-pyrrole nitrogens is 1. The van der Waals surface area contributed by atoms with Crippen LogP contribution >= 0.6 is 0 Å². The Balaban J connectivity index is 1.32. The van der Waals surface area contributed by atoms with Gasteiger partial charge in [0.05, 0.1) is 18.8 Å². The molecule has 1 amide bonds. The molecule has 0 aliphatic carbocycles. The molecule has 2 atom stereocenters. The first-order chi connectivity index (χ1) is 17.7. The minimum Gasteiger partial charge on any atom is -0.395 e. The third-order valence-electron chi connectivity index (χ3n) is 8.16. The first-order valence-electron chi connectivity index (χ1n) is 13.6. The topological polar surface area (TPSA) is 72.5 Å². The number of carbonyl (C=O) groups is 1. The Morgan fingerprint density at radius 2 is 1.86 bits per heavy atom. The van der Waals surface area contributed by atoms with E-state index in [1.807, 2.05) is 18.7 Å². The number of piperidine rings is 1. The second kappa shape index (κ2) is 10.5. The fraction of sp³-hybridized carbons (Fsp3) is 0.533. The van der Waals surface area contributed by atoms with Gasteiger partial charge >= 0.3 is 0 Å². The normalized spacial score (nSPS) is 21.4. The van der Waals surface area contributed by atoms with Crippen molar-refractivity contribution in [1.29, 1.82) is 0 Å². The summed E-state index contributed by atoms with van der Waals surface area (Å²) in [5.74, 6) is 0.815. The Labute approximate surface area is 218 Å². The second-order valence-corrected chi connectivity index (χ2v) is 11.3. The monoisotopic (exact) mass is 506 g/mol. The number of carbonyl (C=O) groups excluding carboxylic acids is 1. The number of aliphatic hydroxyl groups is 1. The van der Waals surface area contributed by atoms with Crippen molar-refractivity contribution in [2.45, 2.75) is 71.0 Å². The first-order valence-corrected chi connectivity index (χ1v) is 13.6. The summed E-state index contributed by atoms with van der Waals surface area (Å²) in [5.41, 5.74) is 8.21. The number of hydrogen-bond acceptors (Lipinski definition) is 4. The van der Waals surface area contributed by atoms with Crippen molar-refractivity contribution in [3.05, 3.63) is 52.8 Å². The second-order valence-electron chi connectivity index (χ2n) is 11.3. The number of rotatable bonds is 6. The summed E-state index contributed by atoms with van der Waals surface area (Å²) in [5, 5.41) is 10.8. The predicted molar refractivity (Wildman–Crippen MR) is 146 cm³/mol. The standard InChI is InChI=1S/C30H39FN4O2/c1-18(2)29-26-13-22(5-6-27(26)33-30(29)23-11-19(3)32-20(4)12-23)21-7-9-34(10-8-21)28(37)16-35-15-24(31)14-25(35)17-36/h5-6,11-13,18,21,24-25,33,36H,7-10,14-17H2,1-4H3/t24-,25-/m0/s1. The van der Waals surface area contributed by atoms with E-state index in [1.54, 1.807) is 4.90 Å². The molecule has 0 radical (unpaired) electrons. The molecule has 3 aromatic rings. The summed E-state index contributed by atoms with van der Waals surface area (Å²) in [4.78, 5) is 24.9. The summed E-state index contributed by atoms with van der Waals surface area (Å²) < 4.78 is 13.8. The Hall–Kier alpha value is -2.77. The van der Waals surface area contributed by atoms with E-state index in [4.69, 9.17) is 0 Å². The Morgan fingerprint density at radius 1 is 1.16 bits per heavy atom. The SMILES string of the molecule is Cc1cc(-c2[nH]c3ccc(C4CCN(C(=O)CN5C[C@@H](F)C[C@H]5CO)CC4)cc3c2C(C)C)cc(C)n1. The van der Waals surface area contributed by atoms with E-state index in [2.05, 4.69) is 54.1 Å². The molecule has 1 aromatic carbocycles. The van der Waals surface area contributed by atoms with Gasteiger partial charge in [0.25, 0.3) is 0 Å². The van der Waals surface area contributed by atoms with E-state index >= 15 is 0 Å². The van der Waals surface area contributed by atoms with E-state index in [9.17, 15) is 14.3 Å². The largest absolute Gasteiger partial charge is 0.395 e. The lowest BCUT2D eigenvalue weighted by Crippen LogP contribution is -2.45. The van der Waals surface area contributed by atoms with Gasteiger partial charge in [-0.05, 0) is 80.3 Å². The van der Waals surface area contributed by atoms with Crippen molar-refractivity contribution in [3.63, 3.8) is 0 Å². The molecular formula is C30H39FN4O2. The predicted octanol–water partition coefficient (Wildman–Crippen LogP) is 5.08.